The van der Waals surface area contributed by atoms with Crippen molar-refractivity contribution >= 4 is 28.8 Å². The van der Waals surface area contributed by atoms with Gasteiger partial charge in [0.15, 0.2) is 0 Å². The molecular weight excluding hydrogens is 426 g/mol. The molecule has 1 aromatic carbocycles. The van der Waals surface area contributed by atoms with E-state index in [9.17, 15) is 14.7 Å². The van der Waals surface area contributed by atoms with E-state index in [1.165, 1.54) is 11.3 Å². The van der Waals surface area contributed by atoms with Crippen molar-refractivity contribution in [3.05, 3.63) is 57.8 Å². The number of aliphatic hydroxyl groups is 1. The summed E-state index contributed by atoms with van der Waals surface area (Å²) in [5, 5.41) is 13.0. The number of rotatable bonds is 10. The summed E-state index contributed by atoms with van der Waals surface area (Å²) < 4.78 is 11.3. The van der Waals surface area contributed by atoms with E-state index < -0.39 is 17.7 Å². The predicted octanol–water partition coefficient (Wildman–Crippen LogP) is 5.02. The quantitative estimate of drug-likeness (QED) is 0.235. The summed E-state index contributed by atoms with van der Waals surface area (Å²) in [4.78, 5) is 28.2. The second-order valence-corrected chi connectivity index (χ2v) is 9.49. The Morgan fingerprint density at radius 2 is 1.84 bits per heavy atom. The van der Waals surface area contributed by atoms with Crippen LogP contribution >= 0.6 is 11.3 Å². The Labute approximate surface area is 193 Å². The number of carbonyl (C=O) groups excluding carboxylic acids is 2. The van der Waals surface area contributed by atoms with E-state index >= 15 is 0 Å². The van der Waals surface area contributed by atoms with Crippen LogP contribution in [0.4, 0.5) is 0 Å². The van der Waals surface area contributed by atoms with Gasteiger partial charge < -0.3 is 19.5 Å². The number of hydrogen-bond donors (Lipinski definition) is 1. The largest absolute Gasteiger partial charge is 0.507 e. The lowest BCUT2D eigenvalue weighted by Gasteiger charge is -2.24. The molecule has 0 bridgehead atoms. The minimum absolute atomic E-state index is 0.103. The number of benzene rings is 1. The number of carbonyl (C=O) groups is 2. The lowest BCUT2D eigenvalue weighted by Crippen LogP contribution is -2.31. The van der Waals surface area contributed by atoms with Gasteiger partial charge in [0.25, 0.3) is 11.7 Å². The van der Waals surface area contributed by atoms with Gasteiger partial charge in [-0.05, 0) is 61.9 Å². The number of amides is 1. The zero-order valence-electron chi connectivity index (χ0n) is 19.0. The van der Waals surface area contributed by atoms with E-state index in [0.717, 1.165) is 4.88 Å². The average Bonchev–Trinajstić information content (AvgIpc) is 3.37. The highest BCUT2D eigenvalue weighted by molar-refractivity contribution is 7.10. The van der Waals surface area contributed by atoms with Crippen LogP contribution in [0, 0.1) is 5.92 Å². The Morgan fingerprint density at radius 3 is 2.44 bits per heavy atom. The van der Waals surface area contributed by atoms with Gasteiger partial charge in [-0.3, -0.25) is 9.59 Å². The number of hydrogen-bond acceptors (Lipinski definition) is 6. The monoisotopic (exact) mass is 457 g/mol. The molecular formula is C25H31NO5S. The van der Waals surface area contributed by atoms with Crippen molar-refractivity contribution in [1.82, 2.24) is 4.90 Å². The zero-order chi connectivity index (χ0) is 23.3. The zero-order valence-corrected chi connectivity index (χ0v) is 19.9. The molecule has 0 radical (unpaired) electrons. The Kier molecular flexibility index (Phi) is 8.10. The van der Waals surface area contributed by atoms with E-state index in [4.69, 9.17) is 9.47 Å². The van der Waals surface area contributed by atoms with Crippen LogP contribution in [0.15, 0.2) is 47.4 Å². The van der Waals surface area contributed by atoms with Crippen molar-refractivity contribution < 1.29 is 24.2 Å². The number of thiophene rings is 1. The van der Waals surface area contributed by atoms with Crippen molar-refractivity contribution in [1.29, 1.82) is 0 Å². The van der Waals surface area contributed by atoms with Crippen LogP contribution in [0.2, 0.25) is 0 Å². The van der Waals surface area contributed by atoms with Gasteiger partial charge in [-0.1, -0.05) is 19.9 Å². The Balaban J connectivity index is 1.89. The highest BCUT2D eigenvalue weighted by atomic mass is 32.1. The third-order valence-electron chi connectivity index (χ3n) is 5.06. The molecule has 1 aromatic heterocycles. The van der Waals surface area contributed by atoms with Gasteiger partial charge in [-0.2, -0.15) is 0 Å². The van der Waals surface area contributed by atoms with Crippen LogP contribution < -0.4 is 4.74 Å². The molecule has 172 valence electrons. The third kappa shape index (κ3) is 5.58. The molecule has 2 aromatic rings. The van der Waals surface area contributed by atoms with E-state index in [0.29, 0.717) is 43.4 Å². The second kappa shape index (κ2) is 10.8. The van der Waals surface area contributed by atoms with Crippen LogP contribution in [0.25, 0.3) is 5.76 Å². The number of nitrogens with zero attached hydrogens (tertiary/aromatic N) is 1. The number of likely N-dealkylation sites (tertiary alicyclic amines) is 1. The molecule has 1 fully saturated rings. The van der Waals surface area contributed by atoms with Gasteiger partial charge in [0.05, 0.1) is 24.3 Å². The van der Waals surface area contributed by atoms with Gasteiger partial charge in [0.1, 0.15) is 11.5 Å². The normalized spacial score (nSPS) is 18.2. The third-order valence-corrected chi connectivity index (χ3v) is 5.98. The van der Waals surface area contributed by atoms with Crippen LogP contribution in [0.5, 0.6) is 5.75 Å². The van der Waals surface area contributed by atoms with Crippen LogP contribution in [-0.2, 0) is 14.3 Å². The van der Waals surface area contributed by atoms with Gasteiger partial charge in [-0.25, -0.2) is 0 Å². The number of ketones is 1. The minimum atomic E-state index is -0.661. The first-order chi connectivity index (χ1) is 15.3. The SMILES string of the molecule is CC(C)COc1ccc(/C(O)=C2/C(=O)C(=O)N(CCCOC(C)C)C2c2cccs2)cc1. The molecule has 1 unspecified atom stereocenters. The number of Topliss-reactive ketones (excluding diaryl/α,β-unsaturated/α-hetero) is 1. The average molecular weight is 458 g/mol. The molecule has 1 amide bonds. The topological polar surface area (TPSA) is 76.1 Å². The highest BCUT2D eigenvalue weighted by Gasteiger charge is 2.46. The van der Waals surface area contributed by atoms with Crippen molar-refractivity contribution in [3.8, 4) is 5.75 Å². The van der Waals surface area contributed by atoms with Crippen LogP contribution in [-0.4, -0.2) is 47.6 Å². The molecule has 32 heavy (non-hydrogen) atoms. The summed E-state index contributed by atoms with van der Waals surface area (Å²) in [5.74, 6) is -0.332. The maximum atomic E-state index is 13.0. The van der Waals surface area contributed by atoms with Crippen molar-refractivity contribution in [2.45, 2.75) is 46.3 Å². The number of aliphatic hydroxyl groups excluding tert-OH is 1. The maximum Gasteiger partial charge on any atom is 0.295 e. The smallest absolute Gasteiger partial charge is 0.295 e. The fourth-order valence-corrected chi connectivity index (χ4v) is 4.38. The first kappa shape index (κ1) is 24.0. The molecule has 2 heterocycles. The molecule has 1 saturated heterocycles. The second-order valence-electron chi connectivity index (χ2n) is 8.51. The predicted molar refractivity (Wildman–Crippen MR) is 126 cm³/mol. The van der Waals surface area contributed by atoms with E-state index in [1.54, 1.807) is 29.2 Å². The van der Waals surface area contributed by atoms with Gasteiger partial charge in [0, 0.05) is 23.6 Å². The van der Waals surface area contributed by atoms with Gasteiger partial charge in [0.2, 0.25) is 0 Å². The molecule has 1 aliphatic rings. The fourth-order valence-electron chi connectivity index (χ4n) is 3.53. The summed E-state index contributed by atoms with van der Waals surface area (Å²) in [5.41, 5.74) is 0.600. The molecule has 3 rings (SSSR count). The first-order valence-electron chi connectivity index (χ1n) is 11.0. The van der Waals surface area contributed by atoms with E-state index in [1.807, 2.05) is 31.4 Å². The first-order valence-corrected chi connectivity index (χ1v) is 11.8. The standard InChI is InChI=1S/C25H31NO5S/c1-16(2)15-31-19-10-8-18(9-11-19)23(27)21-22(20-7-5-14-32-20)26(25(29)24(21)28)12-6-13-30-17(3)4/h5,7-11,14,16-17,22,27H,6,12-13,15H2,1-4H3/b23-21-. The van der Waals surface area contributed by atoms with Crippen molar-refractivity contribution in [3.63, 3.8) is 0 Å². The molecule has 0 spiro atoms. The van der Waals surface area contributed by atoms with Gasteiger partial charge >= 0.3 is 0 Å². The fraction of sp³-hybridized carbons (Fsp3) is 0.440. The molecule has 0 saturated carbocycles. The molecule has 6 nitrogen and oxygen atoms in total. The Morgan fingerprint density at radius 1 is 1.12 bits per heavy atom. The van der Waals surface area contributed by atoms with Gasteiger partial charge in [-0.15, -0.1) is 11.3 Å². The molecule has 1 N–H and O–H groups in total. The number of ether oxygens (including phenoxy) is 2. The molecule has 7 heteroatoms. The molecule has 0 aliphatic carbocycles. The van der Waals surface area contributed by atoms with E-state index in [2.05, 4.69) is 13.8 Å². The Bertz CT molecular complexity index is 947. The summed E-state index contributed by atoms with van der Waals surface area (Å²) >= 11 is 1.46. The van der Waals surface area contributed by atoms with Crippen LogP contribution in [0.3, 0.4) is 0 Å². The lowest BCUT2D eigenvalue weighted by atomic mass is 10.00. The lowest BCUT2D eigenvalue weighted by molar-refractivity contribution is -0.140. The summed E-state index contributed by atoms with van der Waals surface area (Å²) in [6, 6.07) is 10.1. The van der Waals surface area contributed by atoms with E-state index in [-0.39, 0.29) is 17.4 Å². The summed E-state index contributed by atoms with van der Waals surface area (Å²) in [6.45, 7) is 9.51. The summed E-state index contributed by atoms with van der Waals surface area (Å²) in [7, 11) is 0. The maximum absolute atomic E-state index is 13.0. The summed E-state index contributed by atoms with van der Waals surface area (Å²) in [6.07, 6.45) is 0.709. The van der Waals surface area contributed by atoms with Crippen LogP contribution in [0.1, 0.15) is 50.6 Å². The van der Waals surface area contributed by atoms with Crippen molar-refractivity contribution in [2.75, 3.05) is 19.8 Å². The minimum Gasteiger partial charge on any atom is -0.507 e. The molecule has 1 atom stereocenters. The molecule has 1 aliphatic heterocycles. The highest BCUT2D eigenvalue weighted by Crippen LogP contribution is 2.41. The van der Waals surface area contributed by atoms with Crippen molar-refractivity contribution in [2.24, 2.45) is 5.92 Å². The Hall–Kier alpha value is -2.64.